The maximum Gasteiger partial charge on any atom is 0.0721 e. The van der Waals surface area contributed by atoms with Crippen molar-refractivity contribution in [3.63, 3.8) is 0 Å². The summed E-state index contributed by atoms with van der Waals surface area (Å²) in [6.07, 6.45) is 21.3. The van der Waals surface area contributed by atoms with Crippen LogP contribution in [0.4, 0.5) is 0 Å². The fourth-order valence-corrected chi connectivity index (χ4v) is 1.46. The van der Waals surface area contributed by atoms with Crippen molar-refractivity contribution in [2.75, 3.05) is 0 Å². The second kappa shape index (κ2) is 8.25. The number of hydrogen-bond donors (Lipinski definition) is 1. The Bertz CT molecular complexity index is 259. The van der Waals surface area contributed by atoms with Crippen LogP contribution < -0.4 is 0 Å². The third-order valence-electron chi connectivity index (χ3n) is 2.32. The van der Waals surface area contributed by atoms with Crippen LogP contribution in [0.5, 0.6) is 0 Å². The van der Waals surface area contributed by atoms with Gasteiger partial charge < -0.3 is 5.11 Å². The van der Waals surface area contributed by atoms with Crippen LogP contribution >= 0.6 is 0 Å². The topological polar surface area (TPSA) is 20.2 Å². The number of hydrogen-bond acceptors (Lipinski definition) is 1. The molecule has 0 aromatic carbocycles. The van der Waals surface area contributed by atoms with Gasteiger partial charge in [-0.3, -0.25) is 0 Å². The largest absolute Gasteiger partial charge is 0.389 e. The van der Waals surface area contributed by atoms with Crippen LogP contribution in [0.1, 0.15) is 32.1 Å². The molecule has 1 aliphatic rings. The van der Waals surface area contributed by atoms with E-state index in [-0.39, 0.29) is 6.10 Å². The molecule has 0 saturated heterocycles. The Morgan fingerprint density at radius 2 is 1.60 bits per heavy atom. The van der Waals surface area contributed by atoms with Gasteiger partial charge in [-0.2, -0.15) is 0 Å². The molecule has 0 saturated carbocycles. The molecule has 1 aliphatic carbocycles. The van der Waals surface area contributed by atoms with Crippen molar-refractivity contribution in [1.29, 1.82) is 0 Å². The van der Waals surface area contributed by atoms with E-state index in [0.717, 1.165) is 32.1 Å². The van der Waals surface area contributed by atoms with Crippen molar-refractivity contribution in [2.45, 2.75) is 38.2 Å². The highest BCUT2D eigenvalue weighted by molar-refractivity contribution is 5.06. The molecule has 1 N–H and O–H groups in total. The second-order valence-corrected chi connectivity index (χ2v) is 3.73. The van der Waals surface area contributed by atoms with Crippen LogP contribution in [0, 0.1) is 0 Å². The maximum atomic E-state index is 9.57. The zero-order valence-electron chi connectivity index (χ0n) is 9.18. The molecule has 1 unspecified atom stereocenters. The Kier molecular flexibility index (Phi) is 6.59. The fraction of sp³-hybridized carbons (Fsp3) is 0.429. The summed E-state index contributed by atoms with van der Waals surface area (Å²) < 4.78 is 0. The van der Waals surface area contributed by atoms with E-state index < -0.39 is 0 Å². The molecule has 0 radical (unpaired) electrons. The van der Waals surface area contributed by atoms with E-state index in [1.807, 2.05) is 12.2 Å². The molecule has 0 aliphatic heterocycles. The average molecular weight is 204 g/mol. The fourth-order valence-electron chi connectivity index (χ4n) is 1.46. The predicted octanol–water partition coefficient (Wildman–Crippen LogP) is 3.54. The number of rotatable bonds is 0. The van der Waals surface area contributed by atoms with Gasteiger partial charge in [-0.15, -0.1) is 0 Å². The second-order valence-electron chi connectivity index (χ2n) is 3.73. The lowest BCUT2D eigenvalue weighted by molar-refractivity contribution is 0.209. The Morgan fingerprint density at radius 1 is 0.867 bits per heavy atom. The summed E-state index contributed by atoms with van der Waals surface area (Å²) in [7, 11) is 0. The Balaban J connectivity index is 2.44. The molecule has 0 aromatic rings. The van der Waals surface area contributed by atoms with Crippen molar-refractivity contribution >= 4 is 0 Å². The first-order valence-electron chi connectivity index (χ1n) is 5.71. The molecule has 0 fully saturated rings. The van der Waals surface area contributed by atoms with E-state index in [0.29, 0.717) is 0 Å². The summed E-state index contributed by atoms with van der Waals surface area (Å²) in [4.78, 5) is 0. The summed E-state index contributed by atoms with van der Waals surface area (Å²) in [5.74, 6) is 0. The van der Waals surface area contributed by atoms with E-state index in [2.05, 4.69) is 36.5 Å². The van der Waals surface area contributed by atoms with Crippen molar-refractivity contribution in [3.8, 4) is 0 Å². The van der Waals surface area contributed by atoms with Gasteiger partial charge in [0.2, 0.25) is 0 Å². The minimum absolute atomic E-state index is 0.273. The number of aliphatic hydroxyl groups excluding tert-OH is 1. The van der Waals surface area contributed by atoms with Gasteiger partial charge in [0.25, 0.3) is 0 Å². The third-order valence-corrected chi connectivity index (χ3v) is 2.32. The highest BCUT2D eigenvalue weighted by Gasteiger charge is 1.96. The molecule has 1 atom stereocenters. The van der Waals surface area contributed by atoms with Gasteiger partial charge in [0, 0.05) is 0 Å². The monoisotopic (exact) mass is 204 g/mol. The minimum atomic E-state index is -0.273. The van der Waals surface area contributed by atoms with Crippen molar-refractivity contribution in [3.05, 3.63) is 48.6 Å². The molecule has 15 heavy (non-hydrogen) atoms. The van der Waals surface area contributed by atoms with E-state index >= 15 is 0 Å². The van der Waals surface area contributed by atoms with Crippen molar-refractivity contribution in [1.82, 2.24) is 0 Å². The minimum Gasteiger partial charge on any atom is -0.389 e. The normalized spacial score (nSPS) is 23.9. The summed E-state index contributed by atoms with van der Waals surface area (Å²) >= 11 is 0. The third kappa shape index (κ3) is 6.92. The van der Waals surface area contributed by atoms with Crippen molar-refractivity contribution < 1.29 is 5.11 Å². The summed E-state index contributed by atoms with van der Waals surface area (Å²) in [5.41, 5.74) is 0. The summed E-state index contributed by atoms with van der Waals surface area (Å²) in [5, 5.41) is 9.57. The quantitative estimate of drug-likeness (QED) is 0.598. The van der Waals surface area contributed by atoms with Crippen LogP contribution in [-0.4, -0.2) is 11.2 Å². The van der Waals surface area contributed by atoms with Gasteiger partial charge >= 0.3 is 0 Å². The van der Waals surface area contributed by atoms with E-state index in [4.69, 9.17) is 0 Å². The lowest BCUT2D eigenvalue weighted by atomic mass is 10.1. The molecule has 0 spiro atoms. The van der Waals surface area contributed by atoms with E-state index in [1.54, 1.807) is 0 Å². The predicted molar refractivity (Wildman–Crippen MR) is 65.7 cm³/mol. The zero-order chi connectivity index (χ0) is 10.8. The molecular formula is C14H20O. The number of allylic oxidation sites excluding steroid dienone is 7. The van der Waals surface area contributed by atoms with Crippen molar-refractivity contribution in [2.24, 2.45) is 0 Å². The SMILES string of the molecule is OC1C=CCC=CCC=CC=CCCC1. The van der Waals surface area contributed by atoms with Crippen LogP contribution in [0.15, 0.2) is 48.6 Å². The molecule has 1 rings (SSSR count). The number of aliphatic hydroxyl groups is 1. The van der Waals surface area contributed by atoms with E-state index in [1.165, 1.54) is 0 Å². The lowest BCUT2D eigenvalue weighted by Crippen LogP contribution is -2.00. The molecule has 82 valence electrons. The molecule has 0 bridgehead atoms. The highest BCUT2D eigenvalue weighted by Crippen LogP contribution is 2.04. The maximum absolute atomic E-state index is 9.57. The van der Waals surface area contributed by atoms with Crippen LogP contribution in [0.3, 0.4) is 0 Å². The Labute approximate surface area is 92.5 Å². The first-order chi connectivity index (χ1) is 7.39. The molecule has 0 aromatic heterocycles. The Morgan fingerprint density at radius 3 is 2.47 bits per heavy atom. The molecular weight excluding hydrogens is 184 g/mol. The lowest BCUT2D eigenvalue weighted by Gasteiger charge is -2.02. The summed E-state index contributed by atoms with van der Waals surface area (Å²) in [6, 6.07) is 0. The van der Waals surface area contributed by atoms with Gasteiger partial charge in [0.15, 0.2) is 0 Å². The smallest absolute Gasteiger partial charge is 0.0721 e. The molecule has 1 heteroatoms. The van der Waals surface area contributed by atoms with Gasteiger partial charge in [-0.25, -0.2) is 0 Å². The first-order valence-corrected chi connectivity index (χ1v) is 5.71. The van der Waals surface area contributed by atoms with E-state index in [9.17, 15) is 5.11 Å². The molecule has 0 amide bonds. The Hall–Kier alpha value is -1.08. The molecule has 1 nitrogen and oxygen atoms in total. The standard InChI is InChI=1S/C14H20O/c15-14-12-10-8-6-4-2-1-3-5-7-9-11-13-14/h1-2,4-7,11,13-15H,3,8-10,12H2. The first kappa shape index (κ1) is 12.0. The van der Waals surface area contributed by atoms with Gasteiger partial charge in [-0.1, -0.05) is 48.6 Å². The average Bonchev–Trinajstić information content (AvgIpc) is 2.24. The molecule has 0 heterocycles. The van der Waals surface area contributed by atoms with Gasteiger partial charge in [0.1, 0.15) is 0 Å². The zero-order valence-corrected chi connectivity index (χ0v) is 9.18. The highest BCUT2D eigenvalue weighted by atomic mass is 16.3. The van der Waals surface area contributed by atoms with Crippen LogP contribution in [0.25, 0.3) is 0 Å². The summed E-state index contributed by atoms with van der Waals surface area (Å²) in [6.45, 7) is 0. The van der Waals surface area contributed by atoms with Gasteiger partial charge in [-0.05, 0) is 32.1 Å². The van der Waals surface area contributed by atoms with Crippen LogP contribution in [0.2, 0.25) is 0 Å². The van der Waals surface area contributed by atoms with Gasteiger partial charge in [0.05, 0.1) is 6.10 Å². The van der Waals surface area contributed by atoms with Crippen LogP contribution in [-0.2, 0) is 0 Å².